The predicted octanol–water partition coefficient (Wildman–Crippen LogP) is 2.62. The number of nitrogens with one attached hydrogen (secondary N) is 2. The molecule has 0 aromatic carbocycles. The molecule has 6 heteroatoms. The molecule has 0 fully saturated rings. The molecule has 0 aliphatic rings. The van der Waals surface area contributed by atoms with Crippen molar-refractivity contribution in [2.75, 3.05) is 11.9 Å². The summed E-state index contributed by atoms with van der Waals surface area (Å²) in [5, 5.41) is 15.4. The van der Waals surface area contributed by atoms with Crippen molar-refractivity contribution in [3.63, 3.8) is 0 Å². The molecule has 0 aliphatic carbocycles. The molecular formula is C13H23N3O2S. The average molecular weight is 285 g/mol. The molecule has 0 saturated carbocycles. The van der Waals surface area contributed by atoms with Gasteiger partial charge in [-0.2, -0.15) is 0 Å². The van der Waals surface area contributed by atoms with E-state index in [1.54, 1.807) is 6.20 Å². The van der Waals surface area contributed by atoms with Crippen LogP contribution in [0.4, 0.5) is 9.93 Å². The Morgan fingerprint density at radius 2 is 2.26 bits per heavy atom. The third-order valence-corrected chi connectivity index (χ3v) is 3.55. The first-order chi connectivity index (χ1) is 9.01. The Balaban J connectivity index is 2.30. The van der Waals surface area contributed by atoms with Crippen LogP contribution in [0.25, 0.3) is 0 Å². The lowest BCUT2D eigenvalue weighted by Gasteiger charge is -2.08. The van der Waals surface area contributed by atoms with Crippen LogP contribution in [0.5, 0.6) is 0 Å². The van der Waals surface area contributed by atoms with Gasteiger partial charge in [-0.1, -0.05) is 20.8 Å². The van der Waals surface area contributed by atoms with E-state index in [0.29, 0.717) is 30.4 Å². The third-order valence-electron chi connectivity index (χ3n) is 2.62. The van der Waals surface area contributed by atoms with Crippen molar-refractivity contribution in [2.45, 2.75) is 46.1 Å². The summed E-state index contributed by atoms with van der Waals surface area (Å²) in [6.07, 6.45) is 3.71. The Bertz CT molecular complexity index is 393. The van der Waals surface area contributed by atoms with Crippen molar-refractivity contribution in [1.82, 2.24) is 10.3 Å². The van der Waals surface area contributed by atoms with Gasteiger partial charge in [0.05, 0.1) is 6.10 Å². The minimum atomic E-state index is -0.349. The molecule has 0 bridgehead atoms. The normalized spacial score (nSPS) is 12.5. The first-order valence-corrected chi connectivity index (χ1v) is 7.50. The van der Waals surface area contributed by atoms with E-state index in [0.717, 1.165) is 6.42 Å². The van der Waals surface area contributed by atoms with Crippen LogP contribution in [0.2, 0.25) is 0 Å². The second-order valence-electron chi connectivity index (χ2n) is 4.96. The van der Waals surface area contributed by atoms with Crippen molar-refractivity contribution in [3.8, 4) is 0 Å². The summed E-state index contributed by atoms with van der Waals surface area (Å²) in [6, 6.07) is -0.270. The van der Waals surface area contributed by atoms with Gasteiger partial charge in [0.1, 0.15) is 0 Å². The molecule has 0 aliphatic heterocycles. The lowest BCUT2D eigenvalue weighted by Crippen LogP contribution is -2.31. The molecule has 5 nitrogen and oxygen atoms in total. The van der Waals surface area contributed by atoms with E-state index < -0.39 is 0 Å². The number of hydrogen-bond donors (Lipinski definition) is 3. The van der Waals surface area contributed by atoms with Crippen LogP contribution in [0.15, 0.2) is 6.20 Å². The van der Waals surface area contributed by atoms with E-state index in [1.807, 2.05) is 6.92 Å². The highest BCUT2D eigenvalue weighted by Crippen LogP contribution is 2.20. The van der Waals surface area contributed by atoms with Gasteiger partial charge < -0.3 is 10.4 Å². The maximum Gasteiger partial charge on any atom is 0.321 e. The van der Waals surface area contributed by atoms with Gasteiger partial charge in [0.15, 0.2) is 5.13 Å². The number of nitrogens with zero attached hydrogens (tertiary/aromatic N) is 1. The highest BCUT2D eigenvalue weighted by molar-refractivity contribution is 7.15. The van der Waals surface area contributed by atoms with Crippen LogP contribution in [-0.2, 0) is 6.42 Å². The van der Waals surface area contributed by atoms with Gasteiger partial charge in [0.2, 0.25) is 0 Å². The van der Waals surface area contributed by atoms with Crippen molar-refractivity contribution < 1.29 is 9.90 Å². The van der Waals surface area contributed by atoms with E-state index in [9.17, 15) is 9.90 Å². The Morgan fingerprint density at radius 1 is 1.53 bits per heavy atom. The van der Waals surface area contributed by atoms with Gasteiger partial charge in [0.25, 0.3) is 0 Å². The highest BCUT2D eigenvalue weighted by atomic mass is 32.1. The Kier molecular flexibility index (Phi) is 6.80. The van der Waals surface area contributed by atoms with E-state index in [2.05, 4.69) is 29.5 Å². The molecule has 1 atom stereocenters. The first kappa shape index (κ1) is 15.9. The topological polar surface area (TPSA) is 74.2 Å². The maximum atomic E-state index is 11.6. The van der Waals surface area contributed by atoms with Crippen LogP contribution in [0.3, 0.4) is 0 Å². The molecule has 19 heavy (non-hydrogen) atoms. The highest BCUT2D eigenvalue weighted by Gasteiger charge is 2.08. The summed E-state index contributed by atoms with van der Waals surface area (Å²) < 4.78 is 0. The number of anilines is 1. The molecular weight excluding hydrogens is 262 g/mol. The van der Waals surface area contributed by atoms with Gasteiger partial charge in [-0.05, 0) is 25.2 Å². The zero-order valence-corrected chi connectivity index (χ0v) is 12.6. The molecule has 1 rings (SSSR count). The van der Waals surface area contributed by atoms with E-state index >= 15 is 0 Å². The van der Waals surface area contributed by atoms with E-state index in [1.165, 1.54) is 16.2 Å². The van der Waals surface area contributed by atoms with Crippen LogP contribution < -0.4 is 10.6 Å². The summed E-state index contributed by atoms with van der Waals surface area (Å²) in [5.74, 6) is 0.581. The smallest absolute Gasteiger partial charge is 0.321 e. The zero-order chi connectivity index (χ0) is 14.3. The summed E-state index contributed by atoms with van der Waals surface area (Å²) >= 11 is 1.50. The van der Waals surface area contributed by atoms with Crippen molar-refractivity contribution in [1.29, 1.82) is 0 Å². The summed E-state index contributed by atoms with van der Waals surface area (Å²) in [4.78, 5) is 16.9. The number of amides is 2. The standard InChI is InChI=1S/C13H23N3O2S/c1-4-10(17)5-6-14-12(18)16-13-15-8-11(19-13)7-9(2)3/h8-10,17H,4-7H2,1-3H3,(H2,14,15,16,18)/t10-/m0/s1. The number of aliphatic hydroxyl groups excluding tert-OH is 1. The van der Waals surface area contributed by atoms with Gasteiger partial charge >= 0.3 is 6.03 Å². The Morgan fingerprint density at radius 3 is 2.89 bits per heavy atom. The molecule has 108 valence electrons. The fourth-order valence-electron chi connectivity index (χ4n) is 1.56. The molecule has 0 saturated heterocycles. The number of carbonyl (C=O) groups excluding carboxylic acids is 1. The number of carbonyl (C=O) groups is 1. The zero-order valence-electron chi connectivity index (χ0n) is 11.8. The first-order valence-electron chi connectivity index (χ1n) is 6.68. The number of rotatable bonds is 7. The number of urea groups is 1. The quantitative estimate of drug-likeness (QED) is 0.721. The number of thiazole rings is 1. The second kappa shape index (κ2) is 8.12. The molecule has 0 spiro atoms. The molecule has 0 radical (unpaired) electrons. The largest absolute Gasteiger partial charge is 0.393 e. The van der Waals surface area contributed by atoms with Gasteiger partial charge in [-0.15, -0.1) is 11.3 Å². The summed E-state index contributed by atoms with van der Waals surface area (Å²) in [6.45, 7) is 6.68. The monoisotopic (exact) mass is 285 g/mol. The fourth-order valence-corrected chi connectivity index (χ4v) is 2.58. The SMILES string of the molecule is CC[C@H](O)CCNC(=O)Nc1ncc(CC(C)C)s1. The van der Waals surface area contributed by atoms with Crippen LogP contribution >= 0.6 is 11.3 Å². The second-order valence-corrected chi connectivity index (χ2v) is 6.08. The minimum Gasteiger partial charge on any atom is -0.393 e. The van der Waals surface area contributed by atoms with Crippen molar-refractivity contribution in [3.05, 3.63) is 11.1 Å². The van der Waals surface area contributed by atoms with Gasteiger partial charge in [-0.3, -0.25) is 5.32 Å². The molecule has 0 unspecified atom stereocenters. The Hall–Kier alpha value is -1.14. The average Bonchev–Trinajstić information content (AvgIpc) is 2.75. The number of aromatic nitrogens is 1. The molecule has 1 aromatic rings. The molecule has 2 amide bonds. The molecule has 1 aromatic heterocycles. The van der Waals surface area contributed by atoms with E-state index in [-0.39, 0.29) is 12.1 Å². The van der Waals surface area contributed by atoms with Crippen LogP contribution in [0.1, 0.15) is 38.5 Å². The molecule has 1 heterocycles. The lowest BCUT2D eigenvalue weighted by atomic mass is 10.1. The van der Waals surface area contributed by atoms with Gasteiger partial charge in [-0.25, -0.2) is 9.78 Å². The maximum absolute atomic E-state index is 11.6. The van der Waals surface area contributed by atoms with Crippen molar-refractivity contribution in [2.24, 2.45) is 5.92 Å². The Labute approximate surface area is 118 Å². The fraction of sp³-hybridized carbons (Fsp3) is 0.692. The molecule has 3 N–H and O–H groups in total. The van der Waals surface area contributed by atoms with E-state index in [4.69, 9.17) is 0 Å². The summed E-state index contributed by atoms with van der Waals surface area (Å²) in [7, 11) is 0. The predicted molar refractivity (Wildman–Crippen MR) is 78.6 cm³/mol. The number of hydrogen-bond acceptors (Lipinski definition) is 4. The number of aliphatic hydroxyl groups is 1. The lowest BCUT2D eigenvalue weighted by molar-refractivity contribution is 0.160. The van der Waals surface area contributed by atoms with Crippen LogP contribution in [0, 0.1) is 5.92 Å². The third kappa shape index (κ3) is 6.54. The summed E-state index contributed by atoms with van der Waals surface area (Å²) in [5.41, 5.74) is 0. The van der Waals surface area contributed by atoms with Crippen LogP contribution in [-0.4, -0.2) is 28.8 Å². The minimum absolute atomic E-state index is 0.270. The van der Waals surface area contributed by atoms with Gasteiger partial charge in [0, 0.05) is 17.6 Å². The van der Waals surface area contributed by atoms with Crippen molar-refractivity contribution >= 4 is 22.5 Å².